The van der Waals surface area contributed by atoms with Crippen LogP contribution < -0.4 is 5.32 Å². The van der Waals surface area contributed by atoms with E-state index >= 15 is 0 Å². The van der Waals surface area contributed by atoms with E-state index in [4.69, 9.17) is 0 Å². The largest absolute Gasteiger partial charge is 0.346 e. The number of carbonyl (C=O) groups excluding carboxylic acids is 2. The molecule has 1 aromatic heterocycles. The van der Waals surface area contributed by atoms with Gasteiger partial charge in [-0.2, -0.15) is 0 Å². The number of hydrogen-bond acceptors (Lipinski definition) is 5. The Morgan fingerprint density at radius 3 is 2.96 bits per heavy atom. The molecule has 1 unspecified atom stereocenters. The van der Waals surface area contributed by atoms with Crippen molar-refractivity contribution in [2.24, 2.45) is 0 Å². The van der Waals surface area contributed by atoms with Crippen LogP contribution in [0.3, 0.4) is 0 Å². The van der Waals surface area contributed by atoms with E-state index in [1.165, 1.54) is 18.2 Å². The number of carbonyl (C=O) groups is 2. The van der Waals surface area contributed by atoms with Crippen LogP contribution in [0.25, 0.3) is 0 Å². The summed E-state index contributed by atoms with van der Waals surface area (Å²) >= 11 is 1.32. The van der Waals surface area contributed by atoms with Gasteiger partial charge in [-0.25, -0.2) is 0 Å². The fraction of sp³-hybridized carbons (Fsp3) is 0.733. The highest BCUT2D eigenvalue weighted by molar-refractivity contribution is 8.13. The summed E-state index contributed by atoms with van der Waals surface area (Å²) in [5.74, 6) is 2.64. The molecule has 2 aliphatic rings. The molecule has 0 bridgehead atoms. The van der Waals surface area contributed by atoms with Crippen LogP contribution in [0, 0.1) is 0 Å². The average molecular weight is 337 g/mol. The number of aromatic nitrogens is 3. The summed E-state index contributed by atoms with van der Waals surface area (Å²) in [7, 11) is 0. The van der Waals surface area contributed by atoms with E-state index < -0.39 is 0 Å². The van der Waals surface area contributed by atoms with Crippen molar-refractivity contribution in [1.29, 1.82) is 0 Å². The summed E-state index contributed by atoms with van der Waals surface area (Å²) in [5.41, 5.74) is 0. The lowest BCUT2D eigenvalue weighted by molar-refractivity contribution is -0.121. The molecule has 1 saturated heterocycles. The highest BCUT2D eigenvalue weighted by atomic mass is 32.2. The van der Waals surface area contributed by atoms with Gasteiger partial charge in [0.2, 0.25) is 5.91 Å². The number of aryl methyl sites for hydroxylation is 1. The Morgan fingerprint density at radius 1 is 1.30 bits per heavy atom. The smallest absolute Gasteiger partial charge is 0.281 e. The summed E-state index contributed by atoms with van der Waals surface area (Å²) in [6, 6.07) is -0.162. The quantitative estimate of drug-likeness (QED) is 0.885. The minimum Gasteiger partial charge on any atom is -0.346 e. The Morgan fingerprint density at radius 2 is 2.17 bits per heavy atom. The minimum absolute atomic E-state index is 0.0480. The molecule has 0 saturated carbocycles. The monoisotopic (exact) mass is 337 g/mol. The third kappa shape index (κ3) is 3.85. The second-order valence-electron chi connectivity index (χ2n) is 6.08. The van der Waals surface area contributed by atoms with E-state index in [-0.39, 0.29) is 17.2 Å². The van der Waals surface area contributed by atoms with Crippen molar-refractivity contribution >= 4 is 22.9 Å². The Bertz CT molecular complexity index is 588. The molecule has 1 aromatic rings. The average Bonchev–Trinajstić information content (AvgIpc) is 3.05. The van der Waals surface area contributed by atoms with E-state index in [1.807, 2.05) is 6.92 Å². The first-order chi connectivity index (χ1) is 11.1. The van der Waals surface area contributed by atoms with Crippen LogP contribution in [0.4, 0.5) is 4.79 Å². The molecule has 0 aromatic carbocycles. The lowest BCUT2D eigenvalue weighted by Crippen LogP contribution is -2.33. The number of nitrogens with one attached hydrogen (secondary N) is 1. The zero-order valence-corrected chi connectivity index (χ0v) is 14.3. The number of hydrogen-bond donors (Lipinski definition) is 1. The summed E-state index contributed by atoms with van der Waals surface area (Å²) in [6.45, 7) is 4.10. The van der Waals surface area contributed by atoms with E-state index in [0.29, 0.717) is 13.0 Å². The Labute approximate surface area is 140 Å². The molecule has 0 radical (unpaired) electrons. The highest BCUT2D eigenvalue weighted by Gasteiger charge is 2.23. The van der Waals surface area contributed by atoms with Gasteiger partial charge < -0.3 is 14.8 Å². The first-order valence-electron chi connectivity index (χ1n) is 8.28. The molecule has 0 spiro atoms. The van der Waals surface area contributed by atoms with Crippen LogP contribution in [0.15, 0.2) is 0 Å². The van der Waals surface area contributed by atoms with Gasteiger partial charge in [-0.3, -0.25) is 9.59 Å². The first-order valence-corrected chi connectivity index (χ1v) is 9.27. The molecule has 126 valence electrons. The predicted molar refractivity (Wildman–Crippen MR) is 88.2 cm³/mol. The van der Waals surface area contributed by atoms with Crippen molar-refractivity contribution in [1.82, 2.24) is 25.0 Å². The van der Waals surface area contributed by atoms with E-state index in [2.05, 4.69) is 20.1 Å². The molecule has 0 aliphatic carbocycles. The predicted octanol–water partition coefficient (Wildman–Crippen LogP) is 1.74. The van der Waals surface area contributed by atoms with Gasteiger partial charge in [-0.15, -0.1) is 10.2 Å². The van der Waals surface area contributed by atoms with Crippen LogP contribution >= 0.6 is 11.8 Å². The molecule has 7 nitrogen and oxygen atoms in total. The van der Waals surface area contributed by atoms with E-state index in [9.17, 15) is 9.59 Å². The number of amides is 2. The summed E-state index contributed by atoms with van der Waals surface area (Å²) in [5, 5.41) is 11.6. The lowest BCUT2D eigenvalue weighted by Gasteiger charge is -2.17. The SMILES string of the molecule is CC(NC(=O)CCN1CCSC1=O)c1nnc2n1CCCCC2. The molecule has 1 fully saturated rings. The zero-order chi connectivity index (χ0) is 16.2. The van der Waals surface area contributed by atoms with Crippen LogP contribution in [-0.2, 0) is 17.8 Å². The normalized spacial score (nSPS) is 19.3. The molecule has 23 heavy (non-hydrogen) atoms. The van der Waals surface area contributed by atoms with Gasteiger partial charge in [-0.05, 0) is 19.8 Å². The number of thioether (sulfide) groups is 1. The maximum Gasteiger partial charge on any atom is 0.281 e. The fourth-order valence-electron chi connectivity index (χ4n) is 3.07. The third-order valence-corrected chi connectivity index (χ3v) is 5.25. The number of nitrogens with zero attached hydrogens (tertiary/aromatic N) is 4. The second kappa shape index (κ2) is 7.33. The zero-order valence-electron chi connectivity index (χ0n) is 13.5. The molecule has 2 aliphatic heterocycles. The Kier molecular flexibility index (Phi) is 5.20. The van der Waals surface area contributed by atoms with Gasteiger partial charge in [0, 0.05) is 38.2 Å². The van der Waals surface area contributed by atoms with Crippen LogP contribution in [0.1, 0.15) is 50.3 Å². The van der Waals surface area contributed by atoms with Crippen molar-refractivity contribution in [3.63, 3.8) is 0 Å². The minimum atomic E-state index is -0.162. The topological polar surface area (TPSA) is 80.1 Å². The molecule has 3 rings (SSSR count). The van der Waals surface area contributed by atoms with Gasteiger partial charge in [0.15, 0.2) is 5.82 Å². The van der Waals surface area contributed by atoms with Crippen molar-refractivity contribution in [3.8, 4) is 0 Å². The highest BCUT2D eigenvalue weighted by Crippen LogP contribution is 2.19. The second-order valence-corrected chi connectivity index (χ2v) is 7.12. The lowest BCUT2D eigenvalue weighted by atomic mass is 10.2. The molecule has 1 atom stereocenters. The summed E-state index contributed by atoms with van der Waals surface area (Å²) < 4.78 is 2.15. The molecule has 3 heterocycles. The third-order valence-electron chi connectivity index (χ3n) is 4.36. The molecular weight excluding hydrogens is 314 g/mol. The molecular formula is C15H23N5O2S. The van der Waals surface area contributed by atoms with Crippen LogP contribution in [-0.4, -0.2) is 49.7 Å². The fourth-order valence-corrected chi connectivity index (χ4v) is 3.92. The molecule has 8 heteroatoms. The van der Waals surface area contributed by atoms with Gasteiger partial charge in [-0.1, -0.05) is 18.2 Å². The van der Waals surface area contributed by atoms with Gasteiger partial charge in [0.05, 0.1) is 6.04 Å². The van der Waals surface area contributed by atoms with E-state index in [1.54, 1.807) is 4.90 Å². The maximum absolute atomic E-state index is 12.1. The van der Waals surface area contributed by atoms with Crippen molar-refractivity contribution < 1.29 is 9.59 Å². The molecule has 2 amide bonds. The van der Waals surface area contributed by atoms with Crippen molar-refractivity contribution in [3.05, 3.63) is 11.6 Å². The van der Waals surface area contributed by atoms with Crippen molar-refractivity contribution in [2.75, 3.05) is 18.8 Å². The van der Waals surface area contributed by atoms with Crippen molar-refractivity contribution in [2.45, 2.75) is 51.6 Å². The van der Waals surface area contributed by atoms with Gasteiger partial charge in [0.25, 0.3) is 5.24 Å². The number of fused-ring (bicyclic) bond motifs is 1. The first kappa shape index (κ1) is 16.3. The number of rotatable bonds is 5. The molecule has 1 N–H and O–H groups in total. The van der Waals surface area contributed by atoms with Crippen LogP contribution in [0.2, 0.25) is 0 Å². The summed E-state index contributed by atoms with van der Waals surface area (Å²) in [6.07, 6.45) is 4.79. The Balaban J connectivity index is 1.54. The standard InChI is InChI=1S/C15H23N5O2S/c1-11(14-18-17-12-5-3-2-4-7-20(12)14)16-13(21)6-8-19-9-10-23-15(19)22/h11H,2-10H2,1H3,(H,16,21). The van der Waals surface area contributed by atoms with Crippen LogP contribution in [0.5, 0.6) is 0 Å². The maximum atomic E-state index is 12.1. The van der Waals surface area contributed by atoms with Gasteiger partial charge >= 0.3 is 0 Å². The van der Waals surface area contributed by atoms with E-state index in [0.717, 1.165) is 49.8 Å². The van der Waals surface area contributed by atoms with Gasteiger partial charge in [0.1, 0.15) is 5.82 Å². The Hall–Kier alpha value is -1.57. The summed E-state index contributed by atoms with van der Waals surface area (Å²) in [4.78, 5) is 25.4.